The molecule has 1 aliphatic rings. The third kappa shape index (κ3) is 3.40. The van der Waals surface area contributed by atoms with Crippen molar-refractivity contribution in [3.05, 3.63) is 59.4 Å². The van der Waals surface area contributed by atoms with Gasteiger partial charge in [0, 0.05) is 12.6 Å². The lowest BCUT2D eigenvalue weighted by molar-refractivity contribution is 0.0683. The highest BCUT2D eigenvalue weighted by Crippen LogP contribution is 2.23. The van der Waals surface area contributed by atoms with Crippen molar-refractivity contribution < 1.29 is 19.1 Å². The normalized spacial score (nSPS) is 17.0. The molecular formula is C17H16FN3O3. The lowest BCUT2D eigenvalue weighted by Crippen LogP contribution is -2.37. The van der Waals surface area contributed by atoms with Gasteiger partial charge in [-0.1, -0.05) is 12.1 Å². The van der Waals surface area contributed by atoms with Crippen molar-refractivity contribution >= 4 is 11.9 Å². The van der Waals surface area contributed by atoms with Gasteiger partial charge in [-0.15, -0.1) is 0 Å². The number of hydrogen-bond acceptors (Lipinski definition) is 4. The Balaban J connectivity index is 1.73. The largest absolute Gasteiger partial charge is 0.476 e. The van der Waals surface area contributed by atoms with Gasteiger partial charge < -0.3 is 10.0 Å². The molecule has 1 unspecified atom stereocenters. The van der Waals surface area contributed by atoms with E-state index < -0.39 is 5.97 Å². The maximum Gasteiger partial charge on any atom is 0.356 e. The molecule has 6 nitrogen and oxygen atoms in total. The van der Waals surface area contributed by atoms with E-state index in [0.717, 1.165) is 24.6 Å². The Hall–Kier alpha value is -2.83. The minimum atomic E-state index is -1.18. The van der Waals surface area contributed by atoms with Crippen molar-refractivity contribution in [3.63, 3.8) is 0 Å². The fraction of sp³-hybridized carbons (Fsp3) is 0.294. The molecule has 1 aromatic heterocycles. The maximum absolute atomic E-state index is 13.0. The molecule has 2 aromatic rings. The zero-order valence-corrected chi connectivity index (χ0v) is 12.9. The molecule has 7 heteroatoms. The minimum Gasteiger partial charge on any atom is -0.476 e. The van der Waals surface area contributed by atoms with Crippen molar-refractivity contribution in [2.45, 2.75) is 25.3 Å². The number of likely N-dealkylation sites (tertiary alicyclic amines) is 1. The number of amides is 1. The third-order valence-electron chi connectivity index (χ3n) is 4.11. The Morgan fingerprint density at radius 1 is 1.17 bits per heavy atom. The van der Waals surface area contributed by atoms with Crippen LogP contribution in [0.5, 0.6) is 0 Å². The van der Waals surface area contributed by atoms with E-state index in [1.165, 1.54) is 18.3 Å². The van der Waals surface area contributed by atoms with E-state index in [1.807, 2.05) is 0 Å². The molecule has 0 radical (unpaired) electrons. The topological polar surface area (TPSA) is 83.4 Å². The summed E-state index contributed by atoms with van der Waals surface area (Å²) < 4.78 is 13.0. The van der Waals surface area contributed by atoms with Crippen LogP contribution in [0.25, 0.3) is 0 Å². The molecular weight excluding hydrogens is 313 g/mol. The quantitative estimate of drug-likeness (QED) is 0.929. The Labute approximate surface area is 138 Å². The highest BCUT2D eigenvalue weighted by Gasteiger charge is 2.30. The summed E-state index contributed by atoms with van der Waals surface area (Å²) in [5.41, 5.74) is 0.898. The van der Waals surface area contributed by atoms with E-state index in [9.17, 15) is 14.0 Å². The van der Waals surface area contributed by atoms with Crippen LogP contribution in [-0.4, -0.2) is 44.4 Å². The van der Waals surface area contributed by atoms with Gasteiger partial charge in [-0.2, -0.15) is 0 Å². The minimum absolute atomic E-state index is 0.0175. The number of carboxylic acid groups (broad SMARTS) is 1. The van der Waals surface area contributed by atoms with Crippen LogP contribution in [0.4, 0.5) is 4.39 Å². The first-order chi connectivity index (χ1) is 11.5. The molecule has 1 atom stereocenters. The molecule has 1 fully saturated rings. The maximum atomic E-state index is 13.0. The zero-order valence-electron chi connectivity index (χ0n) is 12.9. The Morgan fingerprint density at radius 3 is 2.46 bits per heavy atom. The number of carbonyl (C=O) groups is 2. The average molecular weight is 329 g/mol. The second-order valence-corrected chi connectivity index (χ2v) is 5.72. The molecule has 1 N–H and O–H groups in total. The summed E-state index contributed by atoms with van der Waals surface area (Å²) in [5, 5.41) is 8.83. The predicted molar refractivity (Wildman–Crippen MR) is 83.2 cm³/mol. The summed E-state index contributed by atoms with van der Waals surface area (Å²) in [6.45, 7) is 0.618. The molecule has 1 aromatic carbocycles. The molecule has 124 valence electrons. The standard InChI is InChI=1S/C17H16FN3O3/c18-12-5-3-11(4-6-12)8-13-2-1-7-21(13)16(22)14-9-20-15(10-19-14)17(23)24/h3-6,9-10,13H,1-2,7-8H2,(H,23,24). The average Bonchev–Trinajstić information content (AvgIpc) is 3.04. The fourth-order valence-corrected chi connectivity index (χ4v) is 2.90. The monoisotopic (exact) mass is 329 g/mol. The van der Waals surface area contributed by atoms with Crippen molar-refractivity contribution in [2.24, 2.45) is 0 Å². The molecule has 0 bridgehead atoms. The van der Waals surface area contributed by atoms with Gasteiger partial charge in [-0.3, -0.25) is 4.79 Å². The number of rotatable bonds is 4. The summed E-state index contributed by atoms with van der Waals surface area (Å²) in [6.07, 6.45) is 4.67. The van der Waals surface area contributed by atoms with Gasteiger partial charge in [-0.05, 0) is 37.0 Å². The van der Waals surface area contributed by atoms with Crippen LogP contribution >= 0.6 is 0 Å². The van der Waals surface area contributed by atoms with E-state index >= 15 is 0 Å². The van der Waals surface area contributed by atoms with Gasteiger partial charge in [0.1, 0.15) is 11.5 Å². The van der Waals surface area contributed by atoms with Crippen LogP contribution in [0.15, 0.2) is 36.7 Å². The lowest BCUT2D eigenvalue weighted by Gasteiger charge is -2.24. The van der Waals surface area contributed by atoms with Gasteiger partial charge in [0.2, 0.25) is 0 Å². The number of benzene rings is 1. The summed E-state index contributed by atoms with van der Waals surface area (Å²) in [4.78, 5) is 32.8. The molecule has 1 aliphatic heterocycles. The fourth-order valence-electron chi connectivity index (χ4n) is 2.90. The third-order valence-corrected chi connectivity index (χ3v) is 4.11. The summed E-state index contributed by atoms with van der Waals surface area (Å²) in [6, 6.07) is 6.28. The van der Waals surface area contributed by atoms with Crippen LogP contribution in [0.2, 0.25) is 0 Å². The number of carboxylic acids is 1. The molecule has 3 rings (SSSR count). The second-order valence-electron chi connectivity index (χ2n) is 5.72. The van der Waals surface area contributed by atoms with Gasteiger partial charge in [-0.25, -0.2) is 19.2 Å². The van der Waals surface area contributed by atoms with Crippen molar-refractivity contribution in [2.75, 3.05) is 6.54 Å². The Bertz CT molecular complexity index is 747. The number of aromatic nitrogens is 2. The van der Waals surface area contributed by atoms with Crippen molar-refractivity contribution in [3.8, 4) is 0 Å². The van der Waals surface area contributed by atoms with E-state index in [0.29, 0.717) is 13.0 Å². The van der Waals surface area contributed by atoms with E-state index in [4.69, 9.17) is 5.11 Å². The van der Waals surface area contributed by atoms with Crippen LogP contribution in [0.1, 0.15) is 39.4 Å². The predicted octanol–water partition coefficient (Wildman–Crippen LogP) is 2.16. The smallest absolute Gasteiger partial charge is 0.356 e. The van der Waals surface area contributed by atoms with Crippen LogP contribution in [0, 0.1) is 5.82 Å². The summed E-state index contributed by atoms with van der Waals surface area (Å²) in [5.74, 6) is -1.73. The molecule has 0 aliphatic carbocycles. The number of hydrogen-bond donors (Lipinski definition) is 1. The first-order valence-electron chi connectivity index (χ1n) is 7.65. The molecule has 0 saturated carbocycles. The van der Waals surface area contributed by atoms with Gasteiger partial charge in [0.15, 0.2) is 5.69 Å². The van der Waals surface area contributed by atoms with Crippen molar-refractivity contribution in [1.29, 1.82) is 0 Å². The molecule has 1 saturated heterocycles. The van der Waals surface area contributed by atoms with Gasteiger partial charge in [0.05, 0.1) is 12.4 Å². The van der Waals surface area contributed by atoms with Crippen molar-refractivity contribution in [1.82, 2.24) is 14.9 Å². The highest BCUT2D eigenvalue weighted by atomic mass is 19.1. The summed E-state index contributed by atoms with van der Waals surface area (Å²) >= 11 is 0. The first-order valence-corrected chi connectivity index (χ1v) is 7.65. The lowest BCUT2D eigenvalue weighted by atomic mass is 10.0. The highest BCUT2D eigenvalue weighted by molar-refractivity contribution is 5.93. The van der Waals surface area contributed by atoms with E-state index in [2.05, 4.69) is 9.97 Å². The first kappa shape index (κ1) is 16.0. The van der Waals surface area contributed by atoms with Crippen LogP contribution in [-0.2, 0) is 6.42 Å². The summed E-state index contributed by atoms with van der Waals surface area (Å²) in [7, 11) is 0. The SMILES string of the molecule is O=C(O)c1cnc(C(=O)N2CCCC2Cc2ccc(F)cc2)cn1. The second kappa shape index (κ2) is 6.74. The number of halogens is 1. The molecule has 0 spiro atoms. The van der Waals surface area contributed by atoms with Crippen LogP contribution < -0.4 is 0 Å². The molecule has 24 heavy (non-hydrogen) atoms. The zero-order chi connectivity index (χ0) is 17.1. The van der Waals surface area contributed by atoms with Gasteiger partial charge >= 0.3 is 5.97 Å². The van der Waals surface area contributed by atoms with E-state index in [-0.39, 0.29) is 29.2 Å². The Kier molecular flexibility index (Phi) is 4.50. The number of nitrogens with zero attached hydrogens (tertiary/aromatic N) is 3. The Morgan fingerprint density at radius 2 is 1.83 bits per heavy atom. The van der Waals surface area contributed by atoms with Gasteiger partial charge in [0.25, 0.3) is 5.91 Å². The number of aromatic carboxylic acids is 1. The number of carbonyl (C=O) groups excluding carboxylic acids is 1. The van der Waals surface area contributed by atoms with Crippen LogP contribution in [0.3, 0.4) is 0 Å². The molecule has 2 heterocycles. The molecule has 1 amide bonds. The van der Waals surface area contributed by atoms with E-state index in [1.54, 1.807) is 17.0 Å².